The number of nitrogens with zero attached hydrogens (tertiary/aromatic N) is 1. The lowest BCUT2D eigenvalue weighted by atomic mass is 10.1. The van der Waals surface area contributed by atoms with Crippen LogP contribution in [0.3, 0.4) is 0 Å². The molecule has 2 aromatic rings. The molecular formula is C12H13NS. The molecule has 0 fully saturated rings. The molecule has 0 N–H and O–H groups in total. The van der Waals surface area contributed by atoms with Gasteiger partial charge in [-0.2, -0.15) is 0 Å². The highest BCUT2D eigenvalue weighted by Gasteiger charge is 2.01. The minimum Gasteiger partial charge on any atom is -0.249 e. The minimum absolute atomic E-state index is 1.02. The van der Waals surface area contributed by atoms with Crippen LogP contribution in [0.25, 0.3) is 10.4 Å². The molecule has 2 heteroatoms. The smallest absolute Gasteiger partial charge is 0.0928 e. The number of aromatic nitrogens is 1. The first-order valence-corrected chi connectivity index (χ1v) is 5.63. The lowest BCUT2D eigenvalue weighted by Gasteiger charge is -1.96. The van der Waals surface area contributed by atoms with Gasteiger partial charge in [0.25, 0.3) is 0 Å². The summed E-state index contributed by atoms with van der Waals surface area (Å²) in [6.07, 6.45) is 2.99. The third kappa shape index (κ3) is 1.85. The third-order valence-corrected chi connectivity index (χ3v) is 3.38. The van der Waals surface area contributed by atoms with Gasteiger partial charge in [-0.05, 0) is 18.9 Å². The SMILES string of the molecule is CCc1ncc(-c2ccc(C)cc2)s1. The fourth-order valence-electron chi connectivity index (χ4n) is 1.32. The van der Waals surface area contributed by atoms with E-state index >= 15 is 0 Å². The molecule has 1 heterocycles. The summed E-state index contributed by atoms with van der Waals surface area (Å²) in [6.45, 7) is 4.24. The van der Waals surface area contributed by atoms with E-state index in [4.69, 9.17) is 0 Å². The third-order valence-electron chi connectivity index (χ3n) is 2.19. The Balaban J connectivity index is 2.34. The Morgan fingerprint density at radius 3 is 2.50 bits per heavy atom. The van der Waals surface area contributed by atoms with Gasteiger partial charge >= 0.3 is 0 Å². The first-order valence-electron chi connectivity index (χ1n) is 4.81. The number of thiazole rings is 1. The van der Waals surface area contributed by atoms with Gasteiger partial charge in [-0.1, -0.05) is 36.8 Å². The van der Waals surface area contributed by atoms with Crippen molar-refractivity contribution in [2.75, 3.05) is 0 Å². The van der Waals surface area contributed by atoms with Crippen LogP contribution in [0.1, 0.15) is 17.5 Å². The summed E-state index contributed by atoms with van der Waals surface area (Å²) in [5, 5.41) is 1.21. The van der Waals surface area contributed by atoms with Crippen molar-refractivity contribution in [1.82, 2.24) is 4.98 Å². The molecule has 2 rings (SSSR count). The zero-order valence-electron chi connectivity index (χ0n) is 8.45. The first-order chi connectivity index (χ1) is 6.79. The van der Waals surface area contributed by atoms with Gasteiger partial charge in [-0.15, -0.1) is 11.3 Å². The molecule has 14 heavy (non-hydrogen) atoms. The zero-order valence-corrected chi connectivity index (χ0v) is 9.27. The summed E-state index contributed by atoms with van der Waals surface area (Å²) in [7, 11) is 0. The second-order valence-electron chi connectivity index (χ2n) is 3.34. The highest BCUT2D eigenvalue weighted by Crippen LogP contribution is 2.26. The van der Waals surface area contributed by atoms with Crippen molar-refractivity contribution in [3.8, 4) is 10.4 Å². The van der Waals surface area contributed by atoms with Crippen molar-refractivity contribution < 1.29 is 0 Å². The number of hydrogen-bond acceptors (Lipinski definition) is 2. The van der Waals surface area contributed by atoms with E-state index in [1.54, 1.807) is 11.3 Å². The first kappa shape index (κ1) is 9.41. The van der Waals surface area contributed by atoms with Crippen LogP contribution in [0.15, 0.2) is 30.5 Å². The number of hydrogen-bond donors (Lipinski definition) is 0. The molecule has 0 aliphatic heterocycles. The van der Waals surface area contributed by atoms with E-state index in [-0.39, 0.29) is 0 Å². The minimum atomic E-state index is 1.02. The molecule has 0 saturated heterocycles. The Kier molecular flexibility index (Phi) is 2.64. The highest BCUT2D eigenvalue weighted by atomic mass is 32.1. The molecule has 1 aromatic heterocycles. The van der Waals surface area contributed by atoms with Crippen LogP contribution in [-0.2, 0) is 6.42 Å². The van der Waals surface area contributed by atoms with Gasteiger partial charge < -0.3 is 0 Å². The summed E-state index contributed by atoms with van der Waals surface area (Å²) in [4.78, 5) is 5.62. The average molecular weight is 203 g/mol. The second kappa shape index (κ2) is 3.93. The average Bonchev–Trinajstić information content (AvgIpc) is 2.67. The van der Waals surface area contributed by atoms with Crippen molar-refractivity contribution in [3.63, 3.8) is 0 Å². The maximum atomic E-state index is 4.35. The maximum absolute atomic E-state index is 4.35. The van der Waals surface area contributed by atoms with E-state index < -0.39 is 0 Å². The predicted octanol–water partition coefficient (Wildman–Crippen LogP) is 3.68. The summed E-state index contributed by atoms with van der Waals surface area (Å²) in [5.74, 6) is 0. The summed E-state index contributed by atoms with van der Waals surface area (Å²) >= 11 is 1.78. The fourth-order valence-corrected chi connectivity index (χ4v) is 2.19. The van der Waals surface area contributed by atoms with Crippen molar-refractivity contribution in [2.24, 2.45) is 0 Å². The molecule has 72 valence electrons. The molecule has 0 unspecified atom stereocenters. The Hall–Kier alpha value is -1.15. The zero-order chi connectivity index (χ0) is 9.97. The van der Waals surface area contributed by atoms with Crippen LogP contribution in [0, 0.1) is 6.92 Å². The van der Waals surface area contributed by atoms with E-state index in [1.165, 1.54) is 21.0 Å². The predicted molar refractivity (Wildman–Crippen MR) is 61.7 cm³/mol. The number of benzene rings is 1. The molecule has 0 aliphatic carbocycles. The van der Waals surface area contributed by atoms with Crippen molar-refractivity contribution in [3.05, 3.63) is 41.0 Å². The van der Waals surface area contributed by atoms with E-state index in [9.17, 15) is 0 Å². The van der Waals surface area contributed by atoms with E-state index in [0.29, 0.717) is 0 Å². The Morgan fingerprint density at radius 2 is 1.93 bits per heavy atom. The standard InChI is InChI=1S/C12H13NS/c1-3-12-13-8-11(14-12)10-6-4-9(2)5-7-10/h4-8H,3H2,1-2H3. The summed E-state index contributed by atoms with van der Waals surface area (Å²) in [6, 6.07) is 8.59. The van der Waals surface area contributed by atoms with Crippen molar-refractivity contribution in [2.45, 2.75) is 20.3 Å². The van der Waals surface area contributed by atoms with Gasteiger partial charge in [0, 0.05) is 6.20 Å². The molecule has 0 atom stereocenters. The lowest BCUT2D eigenvalue weighted by Crippen LogP contribution is -1.73. The van der Waals surface area contributed by atoms with Gasteiger partial charge in [0.2, 0.25) is 0 Å². The molecule has 0 radical (unpaired) electrons. The van der Waals surface area contributed by atoms with Crippen LogP contribution in [0.5, 0.6) is 0 Å². The molecule has 0 saturated carbocycles. The normalized spacial score (nSPS) is 10.4. The number of rotatable bonds is 2. The van der Waals surface area contributed by atoms with Crippen LogP contribution < -0.4 is 0 Å². The van der Waals surface area contributed by atoms with Crippen LogP contribution in [-0.4, -0.2) is 4.98 Å². The van der Waals surface area contributed by atoms with Crippen molar-refractivity contribution >= 4 is 11.3 Å². The van der Waals surface area contributed by atoms with Crippen LogP contribution in [0.2, 0.25) is 0 Å². The molecule has 0 amide bonds. The lowest BCUT2D eigenvalue weighted by molar-refractivity contribution is 1.09. The van der Waals surface area contributed by atoms with Gasteiger partial charge in [0.15, 0.2) is 0 Å². The monoisotopic (exact) mass is 203 g/mol. The summed E-state index contributed by atoms with van der Waals surface area (Å²) < 4.78 is 0. The molecule has 0 bridgehead atoms. The van der Waals surface area contributed by atoms with Crippen molar-refractivity contribution in [1.29, 1.82) is 0 Å². The maximum Gasteiger partial charge on any atom is 0.0928 e. The van der Waals surface area contributed by atoms with Gasteiger partial charge in [-0.3, -0.25) is 0 Å². The Bertz CT molecular complexity index is 414. The number of aryl methyl sites for hydroxylation is 2. The molecule has 0 spiro atoms. The Labute approximate surface area is 88.4 Å². The van der Waals surface area contributed by atoms with E-state index in [2.05, 4.69) is 43.1 Å². The Morgan fingerprint density at radius 1 is 1.21 bits per heavy atom. The molecule has 1 aromatic carbocycles. The highest BCUT2D eigenvalue weighted by molar-refractivity contribution is 7.15. The largest absolute Gasteiger partial charge is 0.249 e. The molecule has 1 nitrogen and oxygen atoms in total. The van der Waals surface area contributed by atoms with Crippen LogP contribution in [0.4, 0.5) is 0 Å². The van der Waals surface area contributed by atoms with Gasteiger partial charge in [0.1, 0.15) is 0 Å². The fraction of sp³-hybridized carbons (Fsp3) is 0.250. The summed E-state index contributed by atoms with van der Waals surface area (Å²) in [5.41, 5.74) is 2.57. The topological polar surface area (TPSA) is 12.9 Å². The van der Waals surface area contributed by atoms with E-state index in [0.717, 1.165) is 6.42 Å². The van der Waals surface area contributed by atoms with Gasteiger partial charge in [-0.25, -0.2) is 4.98 Å². The van der Waals surface area contributed by atoms with Gasteiger partial charge in [0.05, 0.1) is 9.88 Å². The quantitative estimate of drug-likeness (QED) is 0.725. The second-order valence-corrected chi connectivity index (χ2v) is 4.45. The van der Waals surface area contributed by atoms with Crippen LogP contribution >= 0.6 is 11.3 Å². The van der Waals surface area contributed by atoms with E-state index in [1.807, 2.05) is 6.20 Å². The molecule has 0 aliphatic rings. The molecular weight excluding hydrogens is 190 g/mol.